The van der Waals surface area contributed by atoms with Crippen LogP contribution in [-0.4, -0.2) is 23.0 Å². The van der Waals surface area contributed by atoms with Crippen LogP contribution >= 0.6 is 0 Å². The van der Waals surface area contributed by atoms with Crippen LogP contribution in [0, 0.1) is 0 Å². The van der Waals surface area contributed by atoms with Gasteiger partial charge in [-0.1, -0.05) is 25.7 Å². The van der Waals surface area contributed by atoms with E-state index in [9.17, 15) is 0 Å². The molecule has 0 unspecified atom stereocenters. The molecule has 0 fully saturated rings. The van der Waals surface area contributed by atoms with Crippen LogP contribution in [0.4, 0.5) is 0 Å². The summed E-state index contributed by atoms with van der Waals surface area (Å²) in [5, 5.41) is 0. The lowest BCUT2D eigenvalue weighted by atomic mass is 10.9. The molecule has 0 radical (unpaired) electrons. The molecule has 0 aliphatic carbocycles. The van der Waals surface area contributed by atoms with Crippen molar-refractivity contribution in [2.24, 2.45) is 0 Å². The number of hydrogen-bond acceptors (Lipinski definition) is 1. The Morgan fingerprint density at radius 2 is 1.42 bits per heavy atom. The Labute approximate surface area is 79.7 Å². The van der Waals surface area contributed by atoms with E-state index in [1.807, 2.05) is 0 Å². The van der Waals surface area contributed by atoms with Crippen LogP contribution in [0.15, 0.2) is 0 Å². The second-order valence-corrected chi connectivity index (χ2v) is 15.2. The van der Waals surface area contributed by atoms with Gasteiger partial charge in [0, 0.05) is 14.7 Å². The summed E-state index contributed by atoms with van der Waals surface area (Å²) >= 11 is 0. The van der Waals surface area contributed by atoms with Crippen molar-refractivity contribution in [2.75, 3.05) is 6.61 Å². The first-order valence-electron chi connectivity index (χ1n) is 4.91. The van der Waals surface area contributed by atoms with Gasteiger partial charge < -0.3 is 4.43 Å². The van der Waals surface area contributed by atoms with Crippen molar-refractivity contribution >= 4 is 16.4 Å². The third-order valence-corrected chi connectivity index (χ3v) is 6.79. The lowest BCUT2D eigenvalue weighted by Crippen LogP contribution is -2.33. The van der Waals surface area contributed by atoms with E-state index in [1.165, 1.54) is 12.1 Å². The summed E-state index contributed by atoms with van der Waals surface area (Å²) in [6.07, 6.45) is 0. The van der Waals surface area contributed by atoms with Crippen molar-refractivity contribution in [3.05, 3.63) is 0 Å². The lowest BCUT2D eigenvalue weighted by Gasteiger charge is -2.25. The van der Waals surface area contributed by atoms with E-state index in [0.717, 1.165) is 6.61 Å². The molecule has 0 bridgehead atoms. The lowest BCUT2D eigenvalue weighted by molar-refractivity contribution is 0.330. The zero-order valence-electron chi connectivity index (χ0n) is 9.53. The van der Waals surface area contributed by atoms with Crippen LogP contribution in [-0.2, 0) is 4.43 Å². The molecule has 0 heterocycles. The fourth-order valence-electron chi connectivity index (χ4n) is 1.14. The standard InChI is InChI=1S/C9H24OSi2/c1-7-10-12(5,6)9-8-11(2,3)4/h7-9H2,1-6H3. The summed E-state index contributed by atoms with van der Waals surface area (Å²) in [6.45, 7) is 15.0. The maximum atomic E-state index is 5.79. The predicted octanol–water partition coefficient (Wildman–Crippen LogP) is 3.57. The molecular formula is C9H24OSi2. The first-order valence-corrected chi connectivity index (χ1v) is 11.7. The smallest absolute Gasteiger partial charge is 0.186 e. The highest BCUT2D eigenvalue weighted by atomic mass is 28.4. The van der Waals surface area contributed by atoms with E-state index in [0.29, 0.717) is 0 Å². The number of hydrogen-bond donors (Lipinski definition) is 0. The van der Waals surface area contributed by atoms with E-state index in [1.54, 1.807) is 0 Å². The first kappa shape index (κ1) is 12.4. The van der Waals surface area contributed by atoms with Crippen molar-refractivity contribution in [3.63, 3.8) is 0 Å². The van der Waals surface area contributed by atoms with Gasteiger partial charge in [0.2, 0.25) is 0 Å². The molecule has 0 amide bonds. The summed E-state index contributed by atoms with van der Waals surface area (Å²) in [4.78, 5) is 0. The van der Waals surface area contributed by atoms with Gasteiger partial charge in [-0.3, -0.25) is 0 Å². The Morgan fingerprint density at radius 1 is 0.917 bits per heavy atom. The summed E-state index contributed by atoms with van der Waals surface area (Å²) in [6, 6.07) is 2.77. The van der Waals surface area contributed by atoms with Gasteiger partial charge in [0.25, 0.3) is 0 Å². The Balaban J connectivity index is 3.75. The Morgan fingerprint density at radius 3 is 1.75 bits per heavy atom. The van der Waals surface area contributed by atoms with Crippen LogP contribution in [0.25, 0.3) is 0 Å². The third kappa shape index (κ3) is 7.07. The van der Waals surface area contributed by atoms with Crippen molar-refractivity contribution in [1.82, 2.24) is 0 Å². The second kappa shape index (κ2) is 4.58. The monoisotopic (exact) mass is 204 g/mol. The third-order valence-electron chi connectivity index (χ3n) is 2.01. The van der Waals surface area contributed by atoms with Crippen molar-refractivity contribution in [3.8, 4) is 0 Å². The molecule has 0 aromatic heterocycles. The highest BCUT2D eigenvalue weighted by molar-refractivity contribution is 6.79. The van der Waals surface area contributed by atoms with Gasteiger partial charge in [-0.05, 0) is 26.1 Å². The molecule has 0 aromatic rings. The van der Waals surface area contributed by atoms with E-state index < -0.39 is 16.4 Å². The van der Waals surface area contributed by atoms with Crippen LogP contribution in [0.1, 0.15) is 6.92 Å². The molecule has 0 N–H and O–H groups in total. The maximum Gasteiger partial charge on any atom is 0.186 e. The van der Waals surface area contributed by atoms with Gasteiger partial charge in [-0.25, -0.2) is 0 Å². The average molecular weight is 204 g/mol. The van der Waals surface area contributed by atoms with Crippen molar-refractivity contribution in [2.45, 2.75) is 51.7 Å². The molecule has 0 saturated carbocycles. The average Bonchev–Trinajstić information content (AvgIpc) is 1.83. The van der Waals surface area contributed by atoms with Crippen molar-refractivity contribution < 1.29 is 4.43 Å². The maximum absolute atomic E-state index is 5.79. The minimum Gasteiger partial charge on any atom is -0.418 e. The molecule has 0 spiro atoms. The Kier molecular flexibility index (Phi) is 4.73. The van der Waals surface area contributed by atoms with Crippen LogP contribution in [0.2, 0.25) is 44.8 Å². The molecule has 12 heavy (non-hydrogen) atoms. The topological polar surface area (TPSA) is 9.23 Å². The van der Waals surface area contributed by atoms with Crippen LogP contribution in [0.3, 0.4) is 0 Å². The predicted molar refractivity (Wildman–Crippen MR) is 62.1 cm³/mol. The molecule has 0 aliphatic rings. The quantitative estimate of drug-likeness (QED) is 0.622. The van der Waals surface area contributed by atoms with Crippen LogP contribution in [0.5, 0.6) is 0 Å². The van der Waals surface area contributed by atoms with Gasteiger partial charge >= 0.3 is 0 Å². The molecule has 74 valence electrons. The molecule has 0 atom stereocenters. The summed E-state index contributed by atoms with van der Waals surface area (Å²) in [5.41, 5.74) is 0. The van der Waals surface area contributed by atoms with Gasteiger partial charge in [0.05, 0.1) is 0 Å². The van der Waals surface area contributed by atoms with E-state index >= 15 is 0 Å². The first-order chi connectivity index (χ1) is 5.27. The summed E-state index contributed by atoms with van der Waals surface area (Å²) in [7, 11) is -2.12. The zero-order chi connectivity index (χ0) is 9.83. The van der Waals surface area contributed by atoms with Crippen molar-refractivity contribution in [1.29, 1.82) is 0 Å². The summed E-state index contributed by atoms with van der Waals surface area (Å²) in [5.74, 6) is 0. The SMILES string of the molecule is CCO[Si](C)(C)CC[Si](C)(C)C. The second-order valence-electron chi connectivity index (χ2n) is 5.25. The van der Waals surface area contributed by atoms with Crippen LogP contribution < -0.4 is 0 Å². The molecular weight excluding hydrogens is 180 g/mol. The highest BCUT2D eigenvalue weighted by Crippen LogP contribution is 2.20. The van der Waals surface area contributed by atoms with Gasteiger partial charge in [-0.2, -0.15) is 0 Å². The molecule has 0 aromatic carbocycles. The molecule has 0 aliphatic heterocycles. The largest absolute Gasteiger partial charge is 0.418 e. The highest BCUT2D eigenvalue weighted by Gasteiger charge is 2.25. The molecule has 0 saturated heterocycles. The minimum atomic E-state index is -1.28. The zero-order valence-corrected chi connectivity index (χ0v) is 11.5. The molecule has 3 heteroatoms. The van der Waals surface area contributed by atoms with Gasteiger partial charge in [0.15, 0.2) is 8.32 Å². The Hall–Kier alpha value is 0.394. The molecule has 1 nitrogen and oxygen atoms in total. The normalized spacial score (nSPS) is 13.5. The van der Waals surface area contributed by atoms with E-state index in [2.05, 4.69) is 39.7 Å². The summed E-state index contributed by atoms with van der Waals surface area (Å²) < 4.78 is 5.79. The number of rotatable bonds is 5. The fraction of sp³-hybridized carbons (Fsp3) is 1.00. The van der Waals surface area contributed by atoms with Gasteiger partial charge in [-0.15, -0.1) is 0 Å². The Bertz CT molecular complexity index is 127. The van der Waals surface area contributed by atoms with E-state index in [-0.39, 0.29) is 0 Å². The van der Waals surface area contributed by atoms with E-state index in [4.69, 9.17) is 4.43 Å². The molecule has 0 rings (SSSR count). The minimum absolute atomic E-state index is 0.841. The fourth-order valence-corrected chi connectivity index (χ4v) is 7.47. The van der Waals surface area contributed by atoms with Gasteiger partial charge in [0.1, 0.15) is 0 Å².